The van der Waals surface area contributed by atoms with Crippen LogP contribution in [0.25, 0.3) is 0 Å². The summed E-state index contributed by atoms with van der Waals surface area (Å²) in [5.74, 6) is -1.44. The molecule has 0 bridgehead atoms. The number of rotatable bonds is 2. The number of halogens is 3. The third kappa shape index (κ3) is 3.32. The van der Waals surface area contributed by atoms with Crippen molar-refractivity contribution >= 4 is 23.0 Å². The molecule has 2 atom stereocenters. The van der Waals surface area contributed by atoms with Gasteiger partial charge in [-0.15, -0.1) is 11.3 Å². The highest BCUT2D eigenvalue weighted by atomic mass is 32.1. The molecule has 2 heterocycles. The van der Waals surface area contributed by atoms with Crippen LogP contribution in [0.1, 0.15) is 47.1 Å². The first-order valence-corrected chi connectivity index (χ1v) is 9.48. The number of amides is 1. The number of carbonyl (C=O) groups is 2. The number of Topliss-reactive ketones (excluding diaryl/α,β-unsaturated/α-hetero) is 1. The highest BCUT2D eigenvalue weighted by Crippen LogP contribution is 2.46. The Balaban J connectivity index is 1.79. The number of nitrogens with one attached hydrogen (secondary N) is 1. The lowest BCUT2D eigenvalue weighted by Crippen LogP contribution is -2.38. The number of benzene rings is 1. The maximum Gasteiger partial charge on any atom is 0.416 e. The van der Waals surface area contributed by atoms with Crippen LogP contribution < -0.4 is 5.32 Å². The molecule has 0 unspecified atom stereocenters. The number of ketones is 1. The molecule has 1 aliphatic carbocycles. The summed E-state index contributed by atoms with van der Waals surface area (Å²) in [6.45, 7) is 0. The topological polar surface area (TPSA) is 46.2 Å². The van der Waals surface area contributed by atoms with Crippen molar-refractivity contribution in [2.45, 2.75) is 37.3 Å². The van der Waals surface area contributed by atoms with Gasteiger partial charge in [-0.25, -0.2) is 0 Å². The zero-order valence-corrected chi connectivity index (χ0v) is 15.0. The molecule has 27 heavy (non-hydrogen) atoms. The second-order valence-corrected chi connectivity index (χ2v) is 7.81. The summed E-state index contributed by atoms with van der Waals surface area (Å²) in [6.07, 6.45) is -3.98. The molecule has 0 saturated carbocycles. The van der Waals surface area contributed by atoms with Crippen molar-refractivity contribution in [3.05, 3.63) is 69.1 Å². The molecule has 0 spiro atoms. The predicted molar refractivity (Wildman–Crippen MR) is 95.3 cm³/mol. The van der Waals surface area contributed by atoms with Gasteiger partial charge in [0.25, 0.3) is 0 Å². The Hall–Kier alpha value is -2.41. The van der Waals surface area contributed by atoms with E-state index in [2.05, 4.69) is 5.32 Å². The Kier molecular flexibility index (Phi) is 4.42. The minimum Gasteiger partial charge on any atom is -0.329 e. The van der Waals surface area contributed by atoms with Gasteiger partial charge in [0.15, 0.2) is 5.78 Å². The molecule has 7 heteroatoms. The number of alkyl halides is 3. The van der Waals surface area contributed by atoms with E-state index in [-0.39, 0.29) is 36.0 Å². The molecule has 140 valence electrons. The van der Waals surface area contributed by atoms with Gasteiger partial charge in [-0.05, 0) is 29.5 Å². The smallest absolute Gasteiger partial charge is 0.329 e. The lowest BCUT2D eigenvalue weighted by atomic mass is 9.74. The third-order valence-electron chi connectivity index (χ3n) is 5.12. The van der Waals surface area contributed by atoms with E-state index in [1.165, 1.54) is 29.5 Å². The van der Waals surface area contributed by atoms with E-state index >= 15 is 0 Å². The van der Waals surface area contributed by atoms with E-state index in [0.717, 1.165) is 10.9 Å². The molecule has 0 fully saturated rings. The fourth-order valence-corrected chi connectivity index (χ4v) is 4.84. The van der Waals surface area contributed by atoms with Gasteiger partial charge in [0.05, 0.1) is 5.56 Å². The van der Waals surface area contributed by atoms with Crippen molar-refractivity contribution in [1.29, 1.82) is 0 Å². The number of carbonyl (C=O) groups excluding carboxylic acids is 2. The van der Waals surface area contributed by atoms with Gasteiger partial charge < -0.3 is 5.32 Å². The second kappa shape index (κ2) is 6.64. The molecule has 1 N–H and O–H groups in total. The van der Waals surface area contributed by atoms with Crippen molar-refractivity contribution in [1.82, 2.24) is 5.32 Å². The number of allylic oxidation sites excluding steroid dienone is 2. The molecule has 1 aromatic heterocycles. The zero-order chi connectivity index (χ0) is 19.2. The average molecular weight is 391 g/mol. The standard InChI is InChI=1S/C20H16F3NO2S/c21-20(22,23)14-5-2-1-4-12(14)13-10-18(26)24-15-8-11(9-16(25)19(13)15)17-6-3-7-27-17/h1-7,11,13H,8-10H2,(H,24,26)/t11-,13+/m1/s1. The normalized spacial score (nSPS) is 23.2. The first kappa shape index (κ1) is 18.0. The number of hydrogen-bond acceptors (Lipinski definition) is 3. The molecular formula is C20H16F3NO2S. The summed E-state index contributed by atoms with van der Waals surface area (Å²) >= 11 is 1.54. The summed E-state index contributed by atoms with van der Waals surface area (Å²) < 4.78 is 40.4. The summed E-state index contributed by atoms with van der Waals surface area (Å²) in [7, 11) is 0. The van der Waals surface area contributed by atoms with Crippen LogP contribution >= 0.6 is 11.3 Å². The Morgan fingerprint density at radius 1 is 1.00 bits per heavy atom. The van der Waals surface area contributed by atoms with Crippen LogP contribution in [-0.4, -0.2) is 11.7 Å². The van der Waals surface area contributed by atoms with Gasteiger partial charge >= 0.3 is 6.18 Å². The number of thiophene rings is 1. The van der Waals surface area contributed by atoms with Crippen LogP contribution in [-0.2, 0) is 15.8 Å². The Labute approximate surface area is 157 Å². The summed E-state index contributed by atoms with van der Waals surface area (Å²) in [4.78, 5) is 26.2. The van der Waals surface area contributed by atoms with Crippen molar-refractivity contribution in [3.63, 3.8) is 0 Å². The molecule has 1 aromatic carbocycles. The molecule has 1 aliphatic heterocycles. The molecule has 4 rings (SSSR count). The quantitative estimate of drug-likeness (QED) is 0.802. The Bertz CT molecular complexity index is 931. The second-order valence-electron chi connectivity index (χ2n) is 6.83. The Morgan fingerprint density at radius 3 is 2.48 bits per heavy atom. The first-order valence-electron chi connectivity index (χ1n) is 8.60. The van der Waals surface area contributed by atoms with Crippen LogP contribution in [0.3, 0.4) is 0 Å². The molecule has 2 aliphatic rings. The molecule has 0 radical (unpaired) electrons. The minimum atomic E-state index is -4.54. The highest BCUT2D eigenvalue weighted by molar-refractivity contribution is 7.10. The Morgan fingerprint density at radius 2 is 1.78 bits per heavy atom. The van der Waals surface area contributed by atoms with Crippen molar-refractivity contribution in [2.24, 2.45) is 0 Å². The van der Waals surface area contributed by atoms with Crippen LogP contribution in [0, 0.1) is 0 Å². The van der Waals surface area contributed by atoms with Gasteiger partial charge in [0, 0.05) is 40.8 Å². The van der Waals surface area contributed by atoms with E-state index in [1.54, 1.807) is 0 Å². The van der Waals surface area contributed by atoms with Gasteiger partial charge in [-0.1, -0.05) is 24.3 Å². The first-order chi connectivity index (χ1) is 12.8. The van der Waals surface area contributed by atoms with E-state index in [1.807, 2.05) is 17.5 Å². The van der Waals surface area contributed by atoms with Crippen LogP contribution in [0.2, 0.25) is 0 Å². The highest BCUT2D eigenvalue weighted by Gasteiger charge is 2.42. The number of hydrogen-bond donors (Lipinski definition) is 1. The van der Waals surface area contributed by atoms with Gasteiger partial charge in [0.2, 0.25) is 5.91 Å². The van der Waals surface area contributed by atoms with Crippen molar-refractivity contribution in [3.8, 4) is 0 Å². The monoisotopic (exact) mass is 391 g/mol. The van der Waals surface area contributed by atoms with E-state index < -0.39 is 17.7 Å². The minimum absolute atomic E-state index is 0.00438. The predicted octanol–water partition coefficient (Wildman–Crippen LogP) is 4.77. The lowest BCUT2D eigenvalue weighted by Gasteiger charge is -2.35. The average Bonchev–Trinajstić information content (AvgIpc) is 3.14. The van der Waals surface area contributed by atoms with Crippen LogP contribution in [0.5, 0.6) is 0 Å². The fourth-order valence-electron chi connectivity index (χ4n) is 4.01. The zero-order valence-electron chi connectivity index (χ0n) is 14.2. The van der Waals surface area contributed by atoms with Crippen molar-refractivity contribution in [2.75, 3.05) is 0 Å². The molecular weight excluding hydrogens is 375 g/mol. The van der Waals surface area contributed by atoms with Gasteiger partial charge in [-0.3, -0.25) is 9.59 Å². The lowest BCUT2D eigenvalue weighted by molar-refractivity contribution is -0.138. The van der Waals surface area contributed by atoms with Gasteiger partial charge in [0.1, 0.15) is 0 Å². The summed E-state index contributed by atoms with van der Waals surface area (Å²) in [6, 6.07) is 9.05. The molecule has 3 nitrogen and oxygen atoms in total. The van der Waals surface area contributed by atoms with Gasteiger partial charge in [-0.2, -0.15) is 13.2 Å². The SMILES string of the molecule is O=C1C[C@@H](c2ccccc2C(F)(F)F)C2=C(C[C@@H](c3cccs3)CC2=O)N1. The molecule has 0 saturated heterocycles. The van der Waals surface area contributed by atoms with E-state index in [9.17, 15) is 22.8 Å². The third-order valence-corrected chi connectivity index (χ3v) is 6.16. The molecule has 1 amide bonds. The summed E-state index contributed by atoms with van der Waals surface area (Å²) in [5.41, 5.74) is 0.0157. The maximum atomic E-state index is 13.5. The van der Waals surface area contributed by atoms with E-state index in [0.29, 0.717) is 17.7 Å². The van der Waals surface area contributed by atoms with Crippen molar-refractivity contribution < 1.29 is 22.8 Å². The van der Waals surface area contributed by atoms with Crippen LogP contribution in [0.4, 0.5) is 13.2 Å². The largest absolute Gasteiger partial charge is 0.416 e. The van der Waals surface area contributed by atoms with E-state index in [4.69, 9.17) is 0 Å². The molecule has 2 aromatic rings. The maximum absolute atomic E-state index is 13.5. The summed E-state index contributed by atoms with van der Waals surface area (Å²) in [5, 5.41) is 4.66. The van der Waals surface area contributed by atoms with Crippen LogP contribution in [0.15, 0.2) is 53.0 Å². The fraction of sp³-hybridized carbons (Fsp3) is 0.300.